The first kappa shape index (κ1) is 19.6. The van der Waals surface area contributed by atoms with Crippen LogP contribution in [0.3, 0.4) is 0 Å². The molecular weight excluding hydrogens is 352 g/mol. The zero-order valence-corrected chi connectivity index (χ0v) is 16.3. The molecule has 0 atom stereocenters. The highest BCUT2D eigenvalue weighted by Crippen LogP contribution is 2.15. The summed E-state index contributed by atoms with van der Waals surface area (Å²) in [6.45, 7) is 2.75. The largest absolute Gasteiger partial charge is 0.378 e. The van der Waals surface area contributed by atoms with E-state index in [0.29, 0.717) is 18.7 Å². The zero-order chi connectivity index (χ0) is 19.9. The standard InChI is InChI=1S/C22H26N4O2/c1-25(2)19-10-8-17(9-11-19)16-20(22(28)26-14-12-23-13-15-26)24-21(27)18-6-4-3-5-7-18/h3-11,16,23H,12-15H2,1-2H3,(H,24,27)/b20-16+. The minimum Gasteiger partial charge on any atom is -0.378 e. The van der Waals surface area contributed by atoms with E-state index in [1.54, 1.807) is 35.2 Å². The van der Waals surface area contributed by atoms with E-state index in [9.17, 15) is 9.59 Å². The number of nitrogens with zero attached hydrogens (tertiary/aromatic N) is 2. The van der Waals surface area contributed by atoms with Crippen molar-refractivity contribution < 1.29 is 9.59 Å². The Morgan fingerprint density at radius 1 is 1.00 bits per heavy atom. The van der Waals surface area contributed by atoms with Crippen molar-refractivity contribution in [3.63, 3.8) is 0 Å². The van der Waals surface area contributed by atoms with Crippen LogP contribution in [0.25, 0.3) is 6.08 Å². The number of anilines is 1. The molecule has 2 amide bonds. The fourth-order valence-electron chi connectivity index (χ4n) is 3.01. The first-order chi connectivity index (χ1) is 13.5. The third-order valence-corrected chi connectivity index (χ3v) is 4.64. The lowest BCUT2D eigenvalue weighted by Crippen LogP contribution is -2.48. The number of hydrogen-bond donors (Lipinski definition) is 2. The van der Waals surface area contributed by atoms with Crippen LogP contribution in [0.1, 0.15) is 15.9 Å². The van der Waals surface area contributed by atoms with Crippen molar-refractivity contribution in [2.24, 2.45) is 0 Å². The molecule has 1 fully saturated rings. The summed E-state index contributed by atoms with van der Waals surface area (Å²) in [4.78, 5) is 29.5. The van der Waals surface area contributed by atoms with Crippen molar-refractivity contribution in [1.82, 2.24) is 15.5 Å². The van der Waals surface area contributed by atoms with Crippen LogP contribution in [0.15, 0.2) is 60.3 Å². The van der Waals surface area contributed by atoms with Gasteiger partial charge in [0, 0.05) is 51.5 Å². The summed E-state index contributed by atoms with van der Waals surface area (Å²) < 4.78 is 0. The molecule has 0 aromatic heterocycles. The molecule has 1 aliphatic heterocycles. The summed E-state index contributed by atoms with van der Waals surface area (Å²) in [7, 11) is 3.95. The Hall–Kier alpha value is -3.12. The predicted molar refractivity (Wildman–Crippen MR) is 112 cm³/mol. The molecule has 3 rings (SSSR count). The average molecular weight is 378 g/mol. The lowest BCUT2D eigenvalue weighted by Gasteiger charge is -2.28. The Morgan fingerprint density at radius 3 is 2.25 bits per heavy atom. The van der Waals surface area contributed by atoms with Crippen molar-refractivity contribution in [3.05, 3.63) is 71.4 Å². The van der Waals surface area contributed by atoms with E-state index in [-0.39, 0.29) is 17.5 Å². The molecule has 0 unspecified atom stereocenters. The van der Waals surface area contributed by atoms with Crippen molar-refractivity contribution in [1.29, 1.82) is 0 Å². The number of piperazine rings is 1. The van der Waals surface area contributed by atoms with Crippen LogP contribution < -0.4 is 15.5 Å². The minimum atomic E-state index is -0.291. The molecule has 2 aromatic rings. The quantitative estimate of drug-likeness (QED) is 0.781. The minimum absolute atomic E-state index is 0.164. The predicted octanol–water partition coefficient (Wildman–Crippen LogP) is 1.96. The Balaban J connectivity index is 1.86. The Bertz CT molecular complexity index is 839. The maximum Gasteiger partial charge on any atom is 0.270 e. The van der Waals surface area contributed by atoms with Crippen LogP contribution in [-0.4, -0.2) is 57.0 Å². The number of benzene rings is 2. The van der Waals surface area contributed by atoms with E-state index in [1.165, 1.54) is 0 Å². The van der Waals surface area contributed by atoms with Gasteiger partial charge in [0.25, 0.3) is 11.8 Å². The summed E-state index contributed by atoms with van der Waals surface area (Å²) in [5.41, 5.74) is 2.73. The Morgan fingerprint density at radius 2 is 1.64 bits per heavy atom. The Labute approximate surface area is 165 Å². The number of nitrogens with one attached hydrogen (secondary N) is 2. The molecule has 1 aliphatic rings. The van der Waals surface area contributed by atoms with E-state index in [2.05, 4.69) is 10.6 Å². The smallest absolute Gasteiger partial charge is 0.270 e. The van der Waals surface area contributed by atoms with E-state index in [0.717, 1.165) is 24.3 Å². The monoisotopic (exact) mass is 378 g/mol. The number of rotatable bonds is 5. The van der Waals surface area contributed by atoms with Crippen LogP contribution >= 0.6 is 0 Å². The molecule has 6 nitrogen and oxygen atoms in total. The molecule has 2 aromatic carbocycles. The van der Waals surface area contributed by atoms with Gasteiger partial charge in [-0.3, -0.25) is 9.59 Å². The SMILES string of the molecule is CN(C)c1ccc(/C=C(/NC(=O)c2ccccc2)C(=O)N2CCNCC2)cc1. The second-order valence-electron chi connectivity index (χ2n) is 6.91. The van der Waals surface area contributed by atoms with Crippen molar-refractivity contribution in [2.75, 3.05) is 45.2 Å². The van der Waals surface area contributed by atoms with Crippen LogP contribution in [0.5, 0.6) is 0 Å². The lowest BCUT2D eigenvalue weighted by molar-refractivity contribution is -0.127. The van der Waals surface area contributed by atoms with Crippen LogP contribution in [-0.2, 0) is 4.79 Å². The number of hydrogen-bond acceptors (Lipinski definition) is 4. The average Bonchev–Trinajstić information content (AvgIpc) is 2.74. The van der Waals surface area contributed by atoms with E-state index in [4.69, 9.17) is 0 Å². The topological polar surface area (TPSA) is 64.7 Å². The normalized spacial score (nSPS) is 14.5. The van der Waals surface area contributed by atoms with Gasteiger partial charge < -0.3 is 20.4 Å². The van der Waals surface area contributed by atoms with Gasteiger partial charge in [0.15, 0.2) is 0 Å². The molecule has 2 N–H and O–H groups in total. The molecule has 0 saturated carbocycles. The molecule has 0 spiro atoms. The molecule has 28 heavy (non-hydrogen) atoms. The third kappa shape index (κ3) is 4.98. The second kappa shape index (κ2) is 9.19. The Kier molecular flexibility index (Phi) is 6.45. The fourth-order valence-corrected chi connectivity index (χ4v) is 3.01. The first-order valence-electron chi connectivity index (χ1n) is 9.40. The summed E-state index contributed by atoms with van der Waals surface area (Å²) in [5.74, 6) is -0.456. The summed E-state index contributed by atoms with van der Waals surface area (Å²) in [5, 5.41) is 6.05. The van der Waals surface area contributed by atoms with Gasteiger partial charge >= 0.3 is 0 Å². The van der Waals surface area contributed by atoms with Crippen molar-refractivity contribution in [2.45, 2.75) is 0 Å². The maximum atomic E-state index is 13.1. The van der Waals surface area contributed by atoms with Gasteiger partial charge in [-0.15, -0.1) is 0 Å². The second-order valence-corrected chi connectivity index (χ2v) is 6.91. The molecule has 0 bridgehead atoms. The van der Waals surface area contributed by atoms with Gasteiger partial charge in [-0.2, -0.15) is 0 Å². The molecule has 146 valence electrons. The van der Waals surface area contributed by atoms with Crippen LogP contribution in [0, 0.1) is 0 Å². The molecule has 0 radical (unpaired) electrons. The molecule has 0 aliphatic carbocycles. The summed E-state index contributed by atoms with van der Waals surface area (Å²) in [6, 6.07) is 16.8. The number of amides is 2. The van der Waals surface area contributed by atoms with Gasteiger partial charge in [-0.1, -0.05) is 30.3 Å². The molecule has 1 heterocycles. The van der Waals surface area contributed by atoms with Gasteiger partial charge in [-0.25, -0.2) is 0 Å². The summed E-state index contributed by atoms with van der Waals surface area (Å²) in [6.07, 6.45) is 1.74. The highest BCUT2D eigenvalue weighted by Gasteiger charge is 2.22. The highest BCUT2D eigenvalue weighted by atomic mass is 16.2. The molecular formula is C22H26N4O2. The maximum absolute atomic E-state index is 13.1. The molecule has 6 heteroatoms. The van der Waals surface area contributed by atoms with Crippen LogP contribution in [0.4, 0.5) is 5.69 Å². The number of carbonyl (C=O) groups excluding carboxylic acids is 2. The zero-order valence-electron chi connectivity index (χ0n) is 16.3. The van der Waals surface area contributed by atoms with Crippen molar-refractivity contribution in [3.8, 4) is 0 Å². The molecule has 1 saturated heterocycles. The van der Waals surface area contributed by atoms with E-state index < -0.39 is 0 Å². The fraction of sp³-hybridized carbons (Fsp3) is 0.273. The first-order valence-corrected chi connectivity index (χ1v) is 9.40. The third-order valence-electron chi connectivity index (χ3n) is 4.64. The highest BCUT2D eigenvalue weighted by molar-refractivity contribution is 6.05. The lowest BCUT2D eigenvalue weighted by atomic mass is 10.1. The van der Waals surface area contributed by atoms with E-state index in [1.807, 2.05) is 49.3 Å². The van der Waals surface area contributed by atoms with Gasteiger partial charge in [-0.05, 0) is 35.9 Å². The van der Waals surface area contributed by atoms with Gasteiger partial charge in [0.1, 0.15) is 5.70 Å². The van der Waals surface area contributed by atoms with Crippen LogP contribution in [0.2, 0.25) is 0 Å². The van der Waals surface area contributed by atoms with Gasteiger partial charge in [0.2, 0.25) is 0 Å². The van der Waals surface area contributed by atoms with Gasteiger partial charge in [0.05, 0.1) is 0 Å². The van der Waals surface area contributed by atoms with E-state index >= 15 is 0 Å². The summed E-state index contributed by atoms with van der Waals surface area (Å²) >= 11 is 0. The number of carbonyl (C=O) groups is 2. The van der Waals surface area contributed by atoms with Crippen molar-refractivity contribution >= 4 is 23.6 Å².